The van der Waals surface area contributed by atoms with Crippen LogP contribution in [0.5, 0.6) is 0 Å². The van der Waals surface area contributed by atoms with E-state index in [1.165, 1.54) is 6.92 Å². The van der Waals surface area contributed by atoms with E-state index in [0.29, 0.717) is 6.61 Å². The topological polar surface area (TPSA) is 70.7 Å². The van der Waals surface area contributed by atoms with Crippen LogP contribution < -0.4 is 0 Å². The van der Waals surface area contributed by atoms with Crippen LogP contribution >= 0.6 is 0 Å². The molecular weight excluding hydrogens is 194 g/mol. The maximum Gasteiger partial charge on any atom is 0.302 e. The Balaban J connectivity index is 0. The zero-order valence-electron chi connectivity index (χ0n) is 9.27. The first kappa shape index (κ1) is 16.0. The molecule has 0 spiro atoms. The van der Waals surface area contributed by atoms with Gasteiger partial charge in [-0.25, -0.2) is 0 Å². The van der Waals surface area contributed by atoms with E-state index in [9.17, 15) is 4.79 Å². The average Bonchev–Trinajstić information content (AvgIpc) is 2.21. The van der Waals surface area contributed by atoms with Crippen molar-refractivity contribution in [2.75, 3.05) is 6.61 Å². The number of aromatic nitrogens is 1. The van der Waals surface area contributed by atoms with Crippen molar-refractivity contribution in [1.29, 1.82) is 0 Å². The van der Waals surface area contributed by atoms with Crippen molar-refractivity contribution in [3.05, 3.63) is 30.6 Å². The van der Waals surface area contributed by atoms with Gasteiger partial charge in [0.2, 0.25) is 0 Å². The van der Waals surface area contributed by atoms with Gasteiger partial charge in [0.25, 0.3) is 0 Å². The predicted molar refractivity (Wildman–Crippen MR) is 59.4 cm³/mol. The Morgan fingerprint density at radius 2 is 1.87 bits per heavy atom. The van der Waals surface area contributed by atoms with Gasteiger partial charge in [0.1, 0.15) is 0 Å². The van der Waals surface area contributed by atoms with E-state index in [0.717, 1.165) is 12.8 Å². The number of unbranched alkanes of at least 4 members (excludes halogenated alkanes) is 1. The van der Waals surface area contributed by atoms with E-state index < -0.39 is 0 Å². The third-order valence-electron chi connectivity index (χ3n) is 1.37. The first-order valence-corrected chi connectivity index (χ1v) is 4.75. The van der Waals surface area contributed by atoms with Gasteiger partial charge in [-0.1, -0.05) is 19.4 Å². The molecule has 4 nitrogen and oxygen atoms in total. The van der Waals surface area contributed by atoms with Crippen molar-refractivity contribution < 1.29 is 15.0 Å². The fraction of sp³-hybridized carbons (Fsp3) is 0.455. The molecule has 1 aromatic heterocycles. The normalized spacial score (nSPS) is 7.87. The zero-order chi connectivity index (χ0) is 10.6. The Kier molecular flexibility index (Phi) is 13.4. The van der Waals surface area contributed by atoms with Crippen LogP contribution in [0.4, 0.5) is 0 Å². The lowest BCUT2D eigenvalue weighted by atomic mass is 10.4. The molecule has 0 radical (unpaired) electrons. The molecule has 0 aliphatic rings. The fourth-order valence-electron chi connectivity index (χ4n) is 0.673. The molecule has 0 aromatic carbocycles. The number of esters is 1. The Morgan fingerprint density at radius 1 is 1.27 bits per heavy atom. The maximum absolute atomic E-state index is 10.1. The summed E-state index contributed by atoms with van der Waals surface area (Å²) in [4.78, 5) is 13.9. The summed E-state index contributed by atoms with van der Waals surface area (Å²) in [6.45, 7) is 4.06. The number of hydrogen-bond acceptors (Lipinski definition) is 3. The van der Waals surface area contributed by atoms with E-state index in [2.05, 4.69) is 16.6 Å². The second kappa shape index (κ2) is 12.6. The monoisotopic (exact) mass is 213 g/mol. The molecule has 15 heavy (non-hydrogen) atoms. The average molecular weight is 213 g/mol. The molecule has 1 aromatic rings. The van der Waals surface area contributed by atoms with Crippen molar-refractivity contribution in [2.24, 2.45) is 0 Å². The number of hydrogen-bond donors (Lipinski definition) is 0. The second-order valence-corrected chi connectivity index (χ2v) is 2.72. The van der Waals surface area contributed by atoms with Crippen LogP contribution in [0.25, 0.3) is 0 Å². The largest absolute Gasteiger partial charge is 0.466 e. The molecule has 1 rings (SSSR count). The summed E-state index contributed by atoms with van der Waals surface area (Å²) in [7, 11) is 0. The molecular formula is C11H19NO3. The summed E-state index contributed by atoms with van der Waals surface area (Å²) in [5.74, 6) is -0.182. The lowest BCUT2D eigenvalue weighted by Gasteiger charge is -1.96. The minimum atomic E-state index is -0.182. The highest BCUT2D eigenvalue weighted by Crippen LogP contribution is 1.86. The standard InChI is InChI=1S/C6H12O2.C5H5N.H2O/c1-3-4-5-8-6(2)7;1-2-4-6-5-3-1;/h3-5H2,1-2H3;1-5H;1H2. The van der Waals surface area contributed by atoms with Gasteiger partial charge in [0.15, 0.2) is 0 Å². The van der Waals surface area contributed by atoms with Crippen LogP contribution in [-0.2, 0) is 9.53 Å². The lowest BCUT2D eigenvalue weighted by molar-refractivity contribution is -0.141. The van der Waals surface area contributed by atoms with E-state index in [1.807, 2.05) is 18.2 Å². The first-order valence-electron chi connectivity index (χ1n) is 4.75. The van der Waals surface area contributed by atoms with Crippen LogP contribution in [0, 0.1) is 0 Å². The fourth-order valence-corrected chi connectivity index (χ4v) is 0.673. The van der Waals surface area contributed by atoms with E-state index in [1.54, 1.807) is 12.4 Å². The summed E-state index contributed by atoms with van der Waals surface area (Å²) in [5, 5.41) is 0. The molecule has 0 fully saturated rings. The molecule has 0 bridgehead atoms. The van der Waals surface area contributed by atoms with Gasteiger partial charge >= 0.3 is 5.97 Å². The summed E-state index contributed by atoms with van der Waals surface area (Å²) in [6, 6.07) is 5.72. The summed E-state index contributed by atoms with van der Waals surface area (Å²) in [5.41, 5.74) is 0. The third-order valence-corrected chi connectivity index (χ3v) is 1.37. The highest BCUT2D eigenvalue weighted by atomic mass is 16.5. The molecule has 0 saturated carbocycles. The van der Waals surface area contributed by atoms with Crippen molar-refractivity contribution in [3.8, 4) is 0 Å². The summed E-state index contributed by atoms with van der Waals surface area (Å²) >= 11 is 0. The van der Waals surface area contributed by atoms with E-state index in [4.69, 9.17) is 0 Å². The number of nitrogens with zero attached hydrogens (tertiary/aromatic N) is 1. The summed E-state index contributed by atoms with van der Waals surface area (Å²) < 4.78 is 4.64. The van der Waals surface area contributed by atoms with Crippen LogP contribution in [0.15, 0.2) is 30.6 Å². The minimum Gasteiger partial charge on any atom is -0.466 e. The SMILES string of the molecule is CCCCOC(C)=O.O.c1ccncc1. The summed E-state index contributed by atoms with van der Waals surface area (Å²) in [6.07, 6.45) is 5.55. The quantitative estimate of drug-likeness (QED) is 0.565. The molecule has 0 atom stereocenters. The van der Waals surface area contributed by atoms with Crippen LogP contribution in [0.1, 0.15) is 26.7 Å². The van der Waals surface area contributed by atoms with Gasteiger partial charge in [-0.05, 0) is 18.6 Å². The number of pyridine rings is 1. The van der Waals surface area contributed by atoms with E-state index >= 15 is 0 Å². The molecule has 0 amide bonds. The molecule has 86 valence electrons. The van der Waals surface area contributed by atoms with Crippen LogP contribution in [0.3, 0.4) is 0 Å². The lowest BCUT2D eigenvalue weighted by Crippen LogP contribution is -1.99. The molecule has 0 aliphatic heterocycles. The third kappa shape index (κ3) is 15.3. The first-order chi connectivity index (χ1) is 6.77. The Hall–Kier alpha value is -1.42. The molecule has 2 N–H and O–H groups in total. The number of carbonyl (C=O) groups excluding carboxylic acids is 1. The number of rotatable bonds is 3. The molecule has 1 heterocycles. The Morgan fingerprint density at radius 3 is 2.13 bits per heavy atom. The number of ether oxygens (including phenoxy) is 1. The van der Waals surface area contributed by atoms with Gasteiger partial charge in [-0.3, -0.25) is 9.78 Å². The van der Waals surface area contributed by atoms with Crippen molar-refractivity contribution in [1.82, 2.24) is 4.98 Å². The second-order valence-electron chi connectivity index (χ2n) is 2.72. The molecule has 4 heteroatoms. The minimum absolute atomic E-state index is 0. The van der Waals surface area contributed by atoms with Crippen molar-refractivity contribution in [3.63, 3.8) is 0 Å². The van der Waals surface area contributed by atoms with Gasteiger partial charge < -0.3 is 10.2 Å². The van der Waals surface area contributed by atoms with Crippen LogP contribution in [-0.4, -0.2) is 23.0 Å². The van der Waals surface area contributed by atoms with Gasteiger partial charge in [0, 0.05) is 19.3 Å². The van der Waals surface area contributed by atoms with Crippen molar-refractivity contribution in [2.45, 2.75) is 26.7 Å². The number of carbonyl (C=O) groups is 1. The highest BCUT2D eigenvalue weighted by molar-refractivity contribution is 5.65. The molecule has 0 saturated heterocycles. The molecule has 0 unspecified atom stereocenters. The highest BCUT2D eigenvalue weighted by Gasteiger charge is 1.88. The van der Waals surface area contributed by atoms with Crippen molar-refractivity contribution >= 4 is 5.97 Å². The van der Waals surface area contributed by atoms with Crippen LogP contribution in [0.2, 0.25) is 0 Å². The Bertz CT molecular complexity index is 200. The van der Waals surface area contributed by atoms with Gasteiger partial charge in [-0.15, -0.1) is 0 Å². The smallest absolute Gasteiger partial charge is 0.302 e. The Labute approximate surface area is 90.6 Å². The predicted octanol–water partition coefficient (Wildman–Crippen LogP) is 1.61. The van der Waals surface area contributed by atoms with Gasteiger partial charge in [-0.2, -0.15) is 0 Å². The maximum atomic E-state index is 10.1. The van der Waals surface area contributed by atoms with E-state index in [-0.39, 0.29) is 11.4 Å². The van der Waals surface area contributed by atoms with Gasteiger partial charge in [0.05, 0.1) is 6.61 Å². The molecule has 0 aliphatic carbocycles. The zero-order valence-corrected chi connectivity index (χ0v) is 9.27.